The summed E-state index contributed by atoms with van der Waals surface area (Å²) in [6, 6.07) is 13.6. The Morgan fingerprint density at radius 1 is 1.13 bits per heavy atom. The highest BCUT2D eigenvalue weighted by atomic mass is 32.1. The van der Waals surface area contributed by atoms with E-state index in [-0.39, 0.29) is 11.2 Å². The van der Waals surface area contributed by atoms with Crippen LogP contribution in [0.4, 0.5) is 5.69 Å². The van der Waals surface area contributed by atoms with Crippen molar-refractivity contribution in [2.75, 3.05) is 0 Å². The number of hydrogen-bond acceptors (Lipinski definition) is 5. The second-order valence-electron chi connectivity index (χ2n) is 4.98. The van der Waals surface area contributed by atoms with Gasteiger partial charge < -0.3 is 0 Å². The molecule has 2 aromatic heterocycles. The molecule has 4 rings (SSSR count). The van der Waals surface area contributed by atoms with E-state index < -0.39 is 4.92 Å². The van der Waals surface area contributed by atoms with Crippen molar-refractivity contribution in [3.05, 3.63) is 79.1 Å². The van der Waals surface area contributed by atoms with Crippen molar-refractivity contribution in [3.8, 4) is 0 Å². The first-order valence-corrected chi connectivity index (χ1v) is 7.61. The summed E-state index contributed by atoms with van der Waals surface area (Å²) < 4.78 is 2.14. The van der Waals surface area contributed by atoms with Gasteiger partial charge in [0.15, 0.2) is 4.96 Å². The van der Waals surface area contributed by atoms with Crippen LogP contribution in [-0.4, -0.2) is 14.3 Å². The number of rotatable bonds is 2. The molecule has 0 radical (unpaired) electrons. The molecule has 0 bridgehead atoms. The van der Waals surface area contributed by atoms with Crippen LogP contribution in [0.3, 0.4) is 0 Å². The van der Waals surface area contributed by atoms with Gasteiger partial charge in [-0.1, -0.05) is 23.5 Å². The molecule has 0 atom stereocenters. The van der Waals surface area contributed by atoms with E-state index in [0.717, 1.165) is 16.6 Å². The molecule has 0 aliphatic carbocycles. The lowest BCUT2D eigenvalue weighted by Crippen LogP contribution is -2.22. The average Bonchev–Trinajstić information content (AvgIpc) is 3.05. The molecule has 23 heavy (non-hydrogen) atoms. The van der Waals surface area contributed by atoms with Gasteiger partial charge in [0.1, 0.15) is 0 Å². The van der Waals surface area contributed by atoms with Crippen LogP contribution in [0, 0.1) is 10.1 Å². The van der Waals surface area contributed by atoms with E-state index in [2.05, 4.69) is 4.98 Å². The summed E-state index contributed by atoms with van der Waals surface area (Å²) in [6.07, 6.45) is 1.72. The van der Waals surface area contributed by atoms with E-state index in [1.54, 1.807) is 22.6 Å². The number of imidazole rings is 1. The van der Waals surface area contributed by atoms with Gasteiger partial charge in [0.05, 0.1) is 20.5 Å². The molecule has 7 heteroatoms. The lowest BCUT2D eigenvalue weighted by molar-refractivity contribution is -0.384. The van der Waals surface area contributed by atoms with Crippen LogP contribution in [0.5, 0.6) is 0 Å². The van der Waals surface area contributed by atoms with Gasteiger partial charge >= 0.3 is 0 Å². The van der Waals surface area contributed by atoms with Gasteiger partial charge in [-0.15, -0.1) is 0 Å². The summed E-state index contributed by atoms with van der Waals surface area (Å²) in [7, 11) is 0. The van der Waals surface area contributed by atoms with Crippen LogP contribution in [0.2, 0.25) is 0 Å². The number of nitro groups is 1. The topological polar surface area (TPSA) is 77.5 Å². The molecule has 6 nitrogen and oxygen atoms in total. The number of para-hydroxylation sites is 2. The third kappa shape index (κ3) is 2.18. The number of hydrogen-bond donors (Lipinski definition) is 0. The largest absolute Gasteiger partial charge is 0.274 e. The minimum Gasteiger partial charge on any atom is -0.267 e. The Balaban J connectivity index is 1.90. The maximum Gasteiger partial charge on any atom is 0.274 e. The number of benzene rings is 2. The fourth-order valence-electron chi connectivity index (χ4n) is 2.46. The maximum absolute atomic E-state index is 12.6. The second-order valence-corrected chi connectivity index (χ2v) is 5.99. The van der Waals surface area contributed by atoms with Crippen LogP contribution in [0.1, 0.15) is 5.56 Å². The molecule has 0 spiro atoms. The van der Waals surface area contributed by atoms with E-state index in [4.69, 9.17) is 0 Å². The first-order valence-electron chi connectivity index (χ1n) is 6.80. The molecule has 0 saturated carbocycles. The Morgan fingerprint density at radius 2 is 1.87 bits per heavy atom. The highest BCUT2D eigenvalue weighted by molar-refractivity contribution is 7.15. The molecular formula is C16H9N3O3S. The Labute approximate surface area is 133 Å². The summed E-state index contributed by atoms with van der Waals surface area (Å²) in [4.78, 5) is 27.9. The van der Waals surface area contributed by atoms with E-state index in [1.165, 1.54) is 23.5 Å². The highest BCUT2D eigenvalue weighted by Gasteiger charge is 2.10. The second kappa shape index (κ2) is 4.99. The Morgan fingerprint density at radius 3 is 2.61 bits per heavy atom. The fraction of sp³-hybridized carbons (Fsp3) is 0. The van der Waals surface area contributed by atoms with Crippen LogP contribution in [-0.2, 0) is 0 Å². The normalized spacial score (nSPS) is 12.3. The predicted octanol–water partition coefficient (Wildman–Crippen LogP) is 2.37. The number of fused-ring (bicyclic) bond motifs is 3. The molecule has 2 aromatic carbocycles. The Hall–Kier alpha value is -3.06. The van der Waals surface area contributed by atoms with E-state index >= 15 is 0 Å². The van der Waals surface area contributed by atoms with Crippen LogP contribution >= 0.6 is 11.3 Å². The standard InChI is InChI=1S/C16H9N3O3S/c20-15-14(9-10-5-7-11(8-6-10)19(21)22)23-16-17-12-3-1-2-4-13(12)18(15)16/h1-9H. The van der Waals surface area contributed by atoms with Crippen molar-refractivity contribution in [2.45, 2.75) is 0 Å². The van der Waals surface area contributed by atoms with Crippen LogP contribution < -0.4 is 10.1 Å². The molecule has 0 amide bonds. The highest BCUT2D eigenvalue weighted by Crippen LogP contribution is 2.16. The fourth-order valence-corrected chi connectivity index (χ4v) is 3.44. The van der Waals surface area contributed by atoms with Crippen molar-refractivity contribution in [1.82, 2.24) is 9.38 Å². The number of thiazole rings is 1. The Bertz CT molecular complexity index is 1160. The van der Waals surface area contributed by atoms with Gasteiger partial charge in [0.2, 0.25) is 0 Å². The quantitative estimate of drug-likeness (QED) is 0.419. The lowest BCUT2D eigenvalue weighted by atomic mass is 10.2. The van der Waals surface area contributed by atoms with Crippen molar-refractivity contribution < 1.29 is 4.92 Å². The van der Waals surface area contributed by atoms with Crippen molar-refractivity contribution in [2.24, 2.45) is 0 Å². The molecule has 0 fully saturated rings. The molecule has 0 unspecified atom stereocenters. The number of aromatic nitrogens is 2. The average molecular weight is 323 g/mol. The summed E-state index contributed by atoms with van der Waals surface area (Å²) in [5, 5.41) is 10.7. The smallest absolute Gasteiger partial charge is 0.267 e. The number of nitro benzene ring substituents is 1. The molecule has 4 aromatic rings. The van der Waals surface area contributed by atoms with E-state index in [9.17, 15) is 14.9 Å². The van der Waals surface area contributed by atoms with Gasteiger partial charge in [-0.25, -0.2) is 9.38 Å². The van der Waals surface area contributed by atoms with Crippen molar-refractivity contribution >= 4 is 39.1 Å². The minimum absolute atomic E-state index is 0.0245. The molecular weight excluding hydrogens is 314 g/mol. The zero-order valence-electron chi connectivity index (χ0n) is 11.7. The zero-order valence-corrected chi connectivity index (χ0v) is 12.5. The predicted molar refractivity (Wildman–Crippen MR) is 88.7 cm³/mol. The van der Waals surface area contributed by atoms with Gasteiger partial charge in [-0.05, 0) is 35.9 Å². The third-order valence-corrected chi connectivity index (χ3v) is 4.52. The number of nitrogens with zero attached hydrogens (tertiary/aromatic N) is 3. The first-order chi connectivity index (χ1) is 11.1. The van der Waals surface area contributed by atoms with Crippen LogP contribution in [0.15, 0.2) is 53.3 Å². The molecule has 0 saturated heterocycles. The van der Waals surface area contributed by atoms with Gasteiger partial charge in [0.25, 0.3) is 11.2 Å². The molecule has 0 aliphatic rings. The maximum atomic E-state index is 12.6. The van der Waals surface area contributed by atoms with E-state index in [0.29, 0.717) is 9.49 Å². The Kier molecular flexibility index (Phi) is 2.95. The first kappa shape index (κ1) is 13.6. The van der Waals surface area contributed by atoms with Gasteiger partial charge in [-0.3, -0.25) is 14.9 Å². The molecule has 2 heterocycles. The molecule has 112 valence electrons. The molecule has 0 N–H and O–H groups in total. The summed E-state index contributed by atoms with van der Waals surface area (Å²) in [6.45, 7) is 0. The zero-order chi connectivity index (χ0) is 16.0. The van der Waals surface area contributed by atoms with Crippen molar-refractivity contribution in [3.63, 3.8) is 0 Å². The molecule has 0 aliphatic heterocycles. The van der Waals surface area contributed by atoms with Gasteiger partial charge in [0, 0.05) is 12.1 Å². The minimum atomic E-state index is -0.450. The van der Waals surface area contributed by atoms with E-state index in [1.807, 2.05) is 24.3 Å². The monoisotopic (exact) mass is 323 g/mol. The lowest BCUT2D eigenvalue weighted by Gasteiger charge is -1.92. The SMILES string of the molecule is O=c1c(=Cc2ccc([N+](=O)[O-])cc2)sc2nc3ccccc3n12. The summed E-state index contributed by atoms with van der Waals surface area (Å²) in [5.41, 5.74) is 2.21. The summed E-state index contributed by atoms with van der Waals surface area (Å²) >= 11 is 1.30. The van der Waals surface area contributed by atoms with Crippen molar-refractivity contribution in [1.29, 1.82) is 0 Å². The van der Waals surface area contributed by atoms with Crippen LogP contribution in [0.25, 0.3) is 22.1 Å². The summed E-state index contributed by atoms with van der Waals surface area (Å²) in [5.74, 6) is 0. The number of non-ortho nitro benzene ring substituents is 1. The van der Waals surface area contributed by atoms with Gasteiger partial charge in [-0.2, -0.15) is 0 Å². The third-order valence-electron chi connectivity index (χ3n) is 3.55.